The Morgan fingerprint density at radius 3 is 1.27 bits per heavy atom. The van der Waals surface area contributed by atoms with Gasteiger partial charge in [-0.05, 0) is 241 Å². The highest BCUT2D eigenvalue weighted by atomic mass is 16.7. The van der Waals surface area contributed by atoms with Crippen LogP contribution in [-0.2, 0) is 18.9 Å². The molecule has 10 fully saturated rings. The van der Waals surface area contributed by atoms with Crippen LogP contribution in [0.1, 0.15) is 220 Å². The van der Waals surface area contributed by atoms with Gasteiger partial charge in [-0.3, -0.25) is 0 Å². The van der Waals surface area contributed by atoms with Crippen LogP contribution in [0.3, 0.4) is 0 Å². The second kappa shape index (κ2) is 25.3. The number of rotatable bonds is 14. The van der Waals surface area contributed by atoms with Crippen molar-refractivity contribution in [3.8, 4) is 0 Å². The zero-order valence-electron chi connectivity index (χ0n) is 57.3. The maximum absolute atomic E-state index is 12.2. The van der Waals surface area contributed by atoms with Crippen molar-refractivity contribution in [1.82, 2.24) is 0 Å². The Morgan fingerprint density at radius 2 is 0.843 bits per heavy atom. The average Bonchev–Trinajstić information content (AvgIpc) is 1.69. The molecule has 8 aliphatic carbocycles. The number of aliphatic hydroxyl groups excluding tert-OH is 13. The molecule has 0 spiro atoms. The minimum Gasteiger partial charge on any atom is -0.394 e. The summed E-state index contributed by atoms with van der Waals surface area (Å²) < 4.78 is 25.2. The molecule has 2 heterocycles. The number of hydrogen-bond donors (Lipinski definition) is 13. The van der Waals surface area contributed by atoms with E-state index < -0.39 is 116 Å². The van der Waals surface area contributed by atoms with E-state index in [4.69, 9.17) is 18.9 Å². The van der Waals surface area contributed by atoms with Crippen molar-refractivity contribution < 1.29 is 85.3 Å². The van der Waals surface area contributed by atoms with Crippen molar-refractivity contribution in [2.45, 2.75) is 323 Å². The largest absolute Gasteiger partial charge is 0.394 e. The van der Waals surface area contributed by atoms with Gasteiger partial charge in [0.2, 0.25) is 0 Å². The first-order chi connectivity index (χ1) is 41.1. The highest BCUT2D eigenvalue weighted by molar-refractivity contribution is 5.24. The van der Waals surface area contributed by atoms with Crippen LogP contribution in [0.5, 0.6) is 0 Å². The molecule has 10 aliphatic rings. The molecule has 13 N–H and O–H groups in total. The van der Waals surface area contributed by atoms with Crippen LogP contribution in [0.2, 0.25) is 0 Å². The summed E-state index contributed by atoms with van der Waals surface area (Å²) in [4.78, 5) is 0. The molecule has 2 saturated heterocycles. The number of ether oxygens (including phenoxy) is 4. The zero-order valence-corrected chi connectivity index (χ0v) is 57.3. The van der Waals surface area contributed by atoms with Crippen LogP contribution < -0.4 is 0 Å². The van der Waals surface area contributed by atoms with Crippen LogP contribution in [0, 0.1) is 90.7 Å². The topological polar surface area (TPSA) is 300 Å². The lowest BCUT2D eigenvalue weighted by Crippen LogP contribution is -2.70. The molecule has 10 rings (SSSR count). The molecule has 0 bridgehead atoms. The molecule has 2 aliphatic heterocycles. The smallest absolute Gasteiger partial charge is 0.187 e. The van der Waals surface area contributed by atoms with E-state index >= 15 is 0 Å². The van der Waals surface area contributed by atoms with Gasteiger partial charge in [0, 0.05) is 0 Å². The maximum Gasteiger partial charge on any atom is 0.187 e. The van der Waals surface area contributed by atoms with Crippen molar-refractivity contribution in [2.24, 2.45) is 90.7 Å². The number of hydrogen-bond acceptors (Lipinski definition) is 17. The number of fused-ring (bicyclic) bond motifs is 10. The van der Waals surface area contributed by atoms with Gasteiger partial charge in [0.1, 0.15) is 48.8 Å². The van der Waals surface area contributed by atoms with Gasteiger partial charge in [0.15, 0.2) is 12.6 Å². The summed E-state index contributed by atoms with van der Waals surface area (Å²) in [5.41, 5.74) is -0.773. The minimum atomic E-state index is -1.53. The average molecular weight is 1260 g/mol. The molecule has 17 nitrogen and oxygen atoms in total. The Kier molecular flexibility index (Phi) is 20.5. The lowest BCUT2D eigenvalue weighted by Gasteiger charge is -2.71. The third kappa shape index (κ3) is 11.6. The Morgan fingerprint density at radius 1 is 0.449 bits per heavy atom. The van der Waals surface area contributed by atoms with Gasteiger partial charge < -0.3 is 85.3 Å². The van der Waals surface area contributed by atoms with Crippen molar-refractivity contribution in [3.05, 3.63) is 23.3 Å². The van der Waals surface area contributed by atoms with E-state index in [-0.39, 0.29) is 79.5 Å². The summed E-state index contributed by atoms with van der Waals surface area (Å²) in [5, 5.41) is 142. The van der Waals surface area contributed by atoms with E-state index in [9.17, 15) is 66.4 Å². The molecule has 0 aromatic carbocycles. The third-order valence-corrected chi connectivity index (χ3v) is 29.0. The van der Waals surface area contributed by atoms with E-state index in [2.05, 4.69) is 102 Å². The van der Waals surface area contributed by atoms with Gasteiger partial charge in [-0.25, -0.2) is 0 Å². The molecule has 0 aromatic heterocycles. The molecular formula is C72H124O17. The van der Waals surface area contributed by atoms with Gasteiger partial charge in [0.25, 0.3) is 0 Å². The van der Waals surface area contributed by atoms with Gasteiger partial charge in [-0.15, -0.1) is 0 Å². The van der Waals surface area contributed by atoms with Gasteiger partial charge in [-0.2, -0.15) is 0 Å². The fourth-order valence-corrected chi connectivity index (χ4v) is 23.9. The summed E-state index contributed by atoms with van der Waals surface area (Å²) in [5.74, 6) is 0.559. The van der Waals surface area contributed by atoms with Crippen LogP contribution >= 0.6 is 0 Å². The Balaban J connectivity index is 0.000000211. The van der Waals surface area contributed by atoms with Crippen LogP contribution in [0.4, 0.5) is 0 Å². The fourth-order valence-electron chi connectivity index (χ4n) is 23.9. The maximum atomic E-state index is 12.2. The third-order valence-electron chi connectivity index (χ3n) is 29.0. The molecule has 0 aromatic rings. The molecule has 514 valence electrons. The highest BCUT2D eigenvalue weighted by Gasteiger charge is 2.75. The lowest BCUT2D eigenvalue weighted by atomic mass is 9.34. The van der Waals surface area contributed by atoms with E-state index in [1.54, 1.807) is 0 Å². The zero-order chi connectivity index (χ0) is 66.1. The second-order valence-corrected chi connectivity index (χ2v) is 34.7. The first-order valence-corrected chi connectivity index (χ1v) is 34.8. The predicted octanol–water partition coefficient (Wildman–Crippen LogP) is 7.62. The lowest BCUT2D eigenvalue weighted by molar-refractivity contribution is -0.336. The quantitative estimate of drug-likeness (QED) is 0.0744. The molecule has 17 heteroatoms. The molecule has 8 saturated carbocycles. The first-order valence-electron chi connectivity index (χ1n) is 34.8. The Hall–Kier alpha value is -1.20. The Labute approximate surface area is 533 Å². The Bertz CT molecular complexity index is 2510. The summed E-state index contributed by atoms with van der Waals surface area (Å²) in [7, 11) is 0. The van der Waals surface area contributed by atoms with Gasteiger partial charge >= 0.3 is 0 Å². The van der Waals surface area contributed by atoms with Gasteiger partial charge in [-0.1, -0.05) is 92.5 Å². The summed E-state index contributed by atoms with van der Waals surface area (Å²) >= 11 is 0. The molecular weight excluding hydrogens is 1140 g/mol. The summed E-state index contributed by atoms with van der Waals surface area (Å²) in [6.45, 7) is 34.2. The monoisotopic (exact) mass is 1260 g/mol. The van der Waals surface area contributed by atoms with Crippen LogP contribution in [0.15, 0.2) is 23.3 Å². The molecule has 0 radical (unpaired) electrons. The van der Waals surface area contributed by atoms with Crippen molar-refractivity contribution in [2.75, 3.05) is 13.2 Å². The minimum absolute atomic E-state index is 0.0131. The summed E-state index contributed by atoms with van der Waals surface area (Å²) in [6.07, 6.45) is 1.93. The van der Waals surface area contributed by atoms with Gasteiger partial charge in [0.05, 0.1) is 54.9 Å². The molecule has 31 atom stereocenters. The number of allylic oxidation sites excluding steroid dienone is 4. The first kappa shape index (κ1) is 72.1. The van der Waals surface area contributed by atoms with Crippen molar-refractivity contribution >= 4 is 0 Å². The summed E-state index contributed by atoms with van der Waals surface area (Å²) in [6, 6.07) is 0. The van der Waals surface area contributed by atoms with E-state index in [1.807, 2.05) is 20.8 Å². The predicted molar refractivity (Wildman–Crippen MR) is 338 cm³/mol. The SMILES string of the molecule is CC(C)=CCC[C@](C)(O[C@@H]1O[C@H](CO)[C@@H](O)[C@H](O)[C@H]1O)[C@H]1CC[C@]2(C)[C@@H]1[C@H](O)C[C@@H]1[C@@]3(C)CC[C@H](O)C(C)(C)[C@@H]3CC[C@]12C.CC(C)=CCC[C@](C)(O[C@@H]1O[C@H](CO)[C@@H](O)[C@H](O)[C@H]1O)[C@H]1CC[C@]2(C)[C@@H]1[C@H](O)C[C@@H]1[C@@]3(C)CC[C@H](O)C(C)(C)[C@@H]3[C@@H](O)C[C@]12C. The second-order valence-electron chi connectivity index (χ2n) is 34.7. The van der Waals surface area contributed by atoms with Crippen molar-refractivity contribution in [3.63, 3.8) is 0 Å². The molecule has 89 heavy (non-hydrogen) atoms. The molecule has 0 amide bonds. The fraction of sp³-hybridized carbons (Fsp3) is 0.944. The normalized spacial score (nSPS) is 51.9. The van der Waals surface area contributed by atoms with Crippen LogP contribution in [0.25, 0.3) is 0 Å². The van der Waals surface area contributed by atoms with E-state index in [1.165, 1.54) is 11.1 Å². The molecule has 0 unspecified atom stereocenters. The van der Waals surface area contributed by atoms with Crippen molar-refractivity contribution in [1.29, 1.82) is 0 Å². The highest BCUT2D eigenvalue weighted by Crippen LogP contribution is 2.78. The number of aliphatic hydroxyl groups is 13. The van der Waals surface area contributed by atoms with Crippen LogP contribution in [-0.4, -0.2) is 183 Å². The van der Waals surface area contributed by atoms with E-state index in [0.29, 0.717) is 50.4 Å². The van der Waals surface area contributed by atoms with E-state index in [0.717, 1.165) is 70.6 Å². The standard InChI is InChI=1S/C36H62O9.C36H62O8/c1-19(2)10-9-13-36(8,45-31-29(43)28(42)27(41)23(18-37)44-31)20-11-15-34(6)26(20)21(38)16-24-33(5)14-12-25(40)32(3,4)30(33)22(39)17-35(24,34)7;1-20(2)10-9-14-36(8,44-31-30(42)29(41)28(40)23(19-37)43-31)21-11-16-35(7)27(21)22(38)18-25-33(5)15-13-26(39)32(3,4)24(33)12-17-34(25,35)6/h10,20-31,37-43H,9,11-18H2,1-8H3;10,21-31,37-42H,9,11-19H2,1-8H3/t20-,21+,22-,23+,24+,25-,26-,27+,28-,29+,30-,31-,33+,34+,35+,36-;21-,22+,23+,24-,25+,26-,27-,28+,29-,30+,31-,33-,34+,35+,36-/m00/s1.